The molecule has 0 amide bonds. The van der Waals surface area contributed by atoms with Crippen molar-refractivity contribution in [3.8, 4) is 115 Å². The van der Waals surface area contributed by atoms with E-state index >= 15 is 0 Å². The second-order valence-corrected chi connectivity index (χ2v) is 19.6. The molecule has 0 aliphatic heterocycles. The fourth-order valence-corrected chi connectivity index (χ4v) is 10.9. The van der Waals surface area contributed by atoms with E-state index < -0.39 is 0 Å². The van der Waals surface area contributed by atoms with E-state index in [1.54, 1.807) is 24.3 Å². The predicted molar refractivity (Wildman–Crippen MR) is 319 cm³/mol. The third-order valence-electron chi connectivity index (χ3n) is 14.7. The average molecular weight is 1050 g/mol. The van der Waals surface area contributed by atoms with E-state index in [1.807, 2.05) is 170 Å². The monoisotopic (exact) mass is 1050 g/mol. The largest absolute Gasteiger partial charge is 0.308 e. The van der Waals surface area contributed by atoms with Crippen LogP contribution in [0.3, 0.4) is 0 Å². The highest BCUT2D eigenvalue weighted by molar-refractivity contribution is 6.12. The highest BCUT2D eigenvalue weighted by atomic mass is 15.1. The number of aromatic nitrogens is 8. The third-order valence-corrected chi connectivity index (χ3v) is 14.7. The fourth-order valence-electron chi connectivity index (χ4n) is 10.9. The van der Waals surface area contributed by atoms with Gasteiger partial charge in [0.15, 0.2) is 34.9 Å². The van der Waals surface area contributed by atoms with Crippen molar-refractivity contribution in [3.05, 3.63) is 253 Å². The number of nitrogens with zero attached hydrogens (tertiary/aromatic N) is 12. The van der Waals surface area contributed by atoms with Gasteiger partial charge in [-0.2, -0.15) is 21.0 Å². The fraction of sp³-hybridized carbons (Fsp3) is 0. The number of hydrogen-bond acceptors (Lipinski definition) is 10. The van der Waals surface area contributed by atoms with Gasteiger partial charge in [0.25, 0.3) is 0 Å². The first-order valence-corrected chi connectivity index (χ1v) is 26.2. The summed E-state index contributed by atoms with van der Waals surface area (Å²) in [6, 6.07) is 83.6. The summed E-state index contributed by atoms with van der Waals surface area (Å²) in [4.78, 5) is 31.3. The standard InChI is InChI=1S/C70H38N12/c71-39-43-21-27-59-53(33-43)54-34-44(40-72)22-28-60(54)81(59)63-31-25-51(37-57(63)69-77-65(47-13-5-1-6-14-47)75-66(78-69)48-15-7-2-8-16-48)52-26-32-64(82-61-29-23-45(41-73)35-55(61)56-36-46(42-74)24-30-62(56)82)58(38-52)70-79-67(49-17-9-3-10-18-49)76-68(80-70)50-19-11-4-12-20-50/h1-38H. The predicted octanol–water partition coefficient (Wildman–Crippen LogP) is 15.4. The molecule has 4 heterocycles. The first kappa shape index (κ1) is 48.2. The molecule has 378 valence electrons. The van der Waals surface area contributed by atoms with Crippen LogP contribution in [0.5, 0.6) is 0 Å². The van der Waals surface area contributed by atoms with Crippen LogP contribution in [0.4, 0.5) is 0 Å². The molecule has 0 aliphatic carbocycles. The Morgan fingerprint density at radius 1 is 0.244 bits per heavy atom. The van der Waals surface area contributed by atoms with Crippen LogP contribution in [0.15, 0.2) is 231 Å². The van der Waals surface area contributed by atoms with Gasteiger partial charge in [0, 0.05) is 54.9 Å². The summed E-state index contributed by atoms with van der Waals surface area (Å²) in [5.41, 5.74) is 13.0. The van der Waals surface area contributed by atoms with Crippen molar-refractivity contribution < 1.29 is 0 Å². The van der Waals surface area contributed by atoms with Crippen LogP contribution in [-0.4, -0.2) is 39.0 Å². The van der Waals surface area contributed by atoms with E-state index in [1.165, 1.54) is 0 Å². The van der Waals surface area contributed by atoms with E-state index in [0.717, 1.165) is 88.4 Å². The molecule has 14 rings (SSSR count). The van der Waals surface area contributed by atoms with E-state index in [4.69, 9.17) is 29.9 Å². The summed E-state index contributed by atoms with van der Waals surface area (Å²) in [5.74, 6) is 2.77. The minimum absolute atomic E-state index is 0.412. The molecule has 4 aromatic heterocycles. The van der Waals surface area contributed by atoms with Gasteiger partial charge in [-0.1, -0.05) is 133 Å². The van der Waals surface area contributed by atoms with Gasteiger partial charge >= 0.3 is 0 Å². The lowest BCUT2D eigenvalue weighted by Crippen LogP contribution is -2.05. The second kappa shape index (κ2) is 20.0. The maximum absolute atomic E-state index is 10.1. The van der Waals surface area contributed by atoms with Crippen molar-refractivity contribution in [2.24, 2.45) is 0 Å². The van der Waals surface area contributed by atoms with Crippen LogP contribution in [-0.2, 0) is 0 Å². The Bertz CT molecular complexity index is 4500. The Morgan fingerprint density at radius 3 is 0.756 bits per heavy atom. The van der Waals surface area contributed by atoms with Gasteiger partial charge in [-0.05, 0) is 108 Å². The maximum atomic E-state index is 10.1. The van der Waals surface area contributed by atoms with Gasteiger partial charge < -0.3 is 9.13 Å². The molecule has 0 saturated heterocycles. The molecule has 0 fully saturated rings. The molecule has 0 atom stereocenters. The number of hydrogen-bond donors (Lipinski definition) is 0. The Balaban J connectivity index is 1.07. The Hall–Kier alpha value is -12.2. The molecule has 0 N–H and O–H groups in total. The Kier molecular flexibility index (Phi) is 11.7. The summed E-state index contributed by atoms with van der Waals surface area (Å²) in [5, 5.41) is 43.8. The lowest BCUT2D eigenvalue weighted by atomic mass is 9.97. The molecule has 10 aromatic carbocycles. The van der Waals surface area contributed by atoms with E-state index in [9.17, 15) is 21.0 Å². The van der Waals surface area contributed by atoms with Crippen LogP contribution < -0.4 is 0 Å². The van der Waals surface area contributed by atoms with Gasteiger partial charge in [-0.15, -0.1) is 0 Å². The minimum Gasteiger partial charge on any atom is -0.308 e. The molecular weight excluding hydrogens is 1010 g/mol. The van der Waals surface area contributed by atoms with Crippen LogP contribution in [0, 0.1) is 45.3 Å². The lowest BCUT2D eigenvalue weighted by molar-refractivity contribution is 1.06. The zero-order chi connectivity index (χ0) is 55.3. The number of nitriles is 4. The van der Waals surface area contributed by atoms with Gasteiger partial charge in [-0.25, -0.2) is 29.9 Å². The first-order chi connectivity index (χ1) is 40.4. The van der Waals surface area contributed by atoms with Gasteiger partial charge in [-0.3, -0.25) is 0 Å². The van der Waals surface area contributed by atoms with Gasteiger partial charge in [0.05, 0.1) is 80.0 Å². The molecule has 0 saturated carbocycles. The molecular formula is C70H38N12. The average Bonchev–Trinajstić information content (AvgIpc) is 2.82. The highest BCUT2D eigenvalue weighted by Crippen LogP contribution is 2.42. The summed E-state index contributed by atoms with van der Waals surface area (Å²) in [6.45, 7) is 0. The van der Waals surface area contributed by atoms with Gasteiger partial charge in [0.1, 0.15) is 0 Å². The Labute approximate surface area is 469 Å². The molecule has 14 aromatic rings. The van der Waals surface area contributed by atoms with Crippen molar-refractivity contribution in [3.63, 3.8) is 0 Å². The molecule has 0 radical (unpaired) electrons. The smallest absolute Gasteiger partial charge is 0.166 e. The number of fused-ring (bicyclic) bond motifs is 6. The molecule has 0 unspecified atom stereocenters. The maximum Gasteiger partial charge on any atom is 0.166 e. The highest BCUT2D eigenvalue weighted by Gasteiger charge is 2.24. The van der Waals surface area contributed by atoms with Crippen LogP contribution in [0.1, 0.15) is 22.3 Å². The van der Waals surface area contributed by atoms with Crippen LogP contribution in [0.2, 0.25) is 0 Å². The molecule has 12 nitrogen and oxygen atoms in total. The third kappa shape index (κ3) is 8.39. The SMILES string of the molecule is N#Cc1ccc2c(c1)c1cc(C#N)ccc1n2-c1ccc(-c2ccc(-n3c4ccc(C#N)cc4c4cc(C#N)ccc43)c(-c3nc(-c4ccccc4)nc(-c4ccccc4)n3)c2)cc1-c1nc(-c2ccccc2)nc(-c2ccccc2)n1. The van der Waals surface area contributed by atoms with Crippen molar-refractivity contribution in [2.45, 2.75) is 0 Å². The van der Waals surface area contributed by atoms with Gasteiger partial charge in [0.2, 0.25) is 0 Å². The van der Waals surface area contributed by atoms with E-state index in [2.05, 4.69) is 69.8 Å². The molecule has 0 spiro atoms. The lowest BCUT2D eigenvalue weighted by Gasteiger charge is -2.18. The van der Waals surface area contributed by atoms with Crippen molar-refractivity contribution >= 4 is 43.6 Å². The van der Waals surface area contributed by atoms with Crippen molar-refractivity contribution in [1.82, 2.24) is 39.0 Å². The molecule has 0 bridgehead atoms. The number of rotatable bonds is 9. The summed E-state index contributed by atoms with van der Waals surface area (Å²) < 4.78 is 4.29. The zero-order valence-electron chi connectivity index (χ0n) is 43.3. The quantitative estimate of drug-likeness (QED) is 0.135. The Morgan fingerprint density at radius 2 is 0.500 bits per heavy atom. The topological polar surface area (TPSA) is 182 Å². The molecule has 82 heavy (non-hydrogen) atoms. The first-order valence-electron chi connectivity index (χ1n) is 26.2. The van der Waals surface area contributed by atoms with Crippen LogP contribution >= 0.6 is 0 Å². The number of benzene rings is 10. The minimum atomic E-state index is 0.412. The molecule has 12 heteroatoms. The van der Waals surface area contributed by atoms with E-state index in [0.29, 0.717) is 68.3 Å². The summed E-state index contributed by atoms with van der Waals surface area (Å²) in [6.07, 6.45) is 0. The zero-order valence-corrected chi connectivity index (χ0v) is 43.3. The van der Waals surface area contributed by atoms with Crippen molar-refractivity contribution in [1.29, 1.82) is 21.0 Å². The summed E-state index contributed by atoms with van der Waals surface area (Å²) in [7, 11) is 0. The second-order valence-electron chi connectivity index (χ2n) is 19.6. The normalized spacial score (nSPS) is 11.1. The van der Waals surface area contributed by atoms with Crippen LogP contribution in [0.25, 0.3) is 134 Å². The molecule has 0 aliphatic rings. The van der Waals surface area contributed by atoms with E-state index in [-0.39, 0.29) is 0 Å². The summed E-state index contributed by atoms with van der Waals surface area (Å²) >= 11 is 0. The van der Waals surface area contributed by atoms with Crippen molar-refractivity contribution in [2.75, 3.05) is 0 Å².